The number of aromatic nitrogens is 1. The summed E-state index contributed by atoms with van der Waals surface area (Å²) in [4.78, 5) is 4.73. The van der Waals surface area contributed by atoms with E-state index in [-0.39, 0.29) is 5.92 Å². The van der Waals surface area contributed by atoms with Crippen LogP contribution in [0.25, 0.3) is 10.9 Å². The molecule has 0 saturated heterocycles. The third-order valence-corrected chi connectivity index (χ3v) is 6.22. The monoisotopic (exact) mass is 405 g/mol. The molecule has 3 nitrogen and oxygen atoms in total. The van der Waals surface area contributed by atoms with Crippen LogP contribution in [0.3, 0.4) is 0 Å². The Labute approximate surface area is 174 Å². The Morgan fingerprint density at radius 1 is 1.11 bits per heavy atom. The van der Waals surface area contributed by atoms with Gasteiger partial charge in [0.2, 0.25) is 0 Å². The van der Waals surface area contributed by atoms with E-state index < -0.39 is 0 Å². The molecule has 0 saturated carbocycles. The van der Waals surface area contributed by atoms with Gasteiger partial charge < -0.3 is 15.6 Å². The molecule has 0 aliphatic heterocycles. The number of thiocarbonyl (C=S) groups is 1. The molecule has 142 valence electrons. The van der Waals surface area contributed by atoms with Crippen LogP contribution in [-0.2, 0) is 0 Å². The zero-order chi connectivity index (χ0) is 19.5. The van der Waals surface area contributed by atoms with Gasteiger partial charge in [-0.25, -0.2) is 0 Å². The van der Waals surface area contributed by atoms with Crippen LogP contribution in [0.1, 0.15) is 27.5 Å². The Kier molecular flexibility index (Phi) is 5.46. The summed E-state index contributed by atoms with van der Waals surface area (Å²) < 4.78 is 0. The van der Waals surface area contributed by atoms with Gasteiger partial charge in [0, 0.05) is 40.1 Å². The van der Waals surface area contributed by atoms with Gasteiger partial charge in [0.05, 0.1) is 0 Å². The summed E-state index contributed by atoms with van der Waals surface area (Å²) in [5.41, 5.74) is 5.90. The van der Waals surface area contributed by atoms with Gasteiger partial charge in [-0.05, 0) is 66.3 Å². The maximum absolute atomic E-state index is 5.59. The summed E-state index contributed by atoms with van der Waals surface area (Å²) in [5.74, 6) is 0.231. The van der Waals surface area contributed by atoms with E-state index in [0.29, 0.717) is 5.11 Å². The van der Waals surface area contributed by atoms with Gasteiger partial charge in [-0.15, -0.1) is 11.3 Å². The Morgan fingerprint density at radius 2 is 1.96 bits per heavy atom. The summed E-state index contributed by atoms with van der Waals surface area (Å²) in [7, 11) is 0. The molecule has 0 aliphatic rings. The van der Waals surface area contributed by atoms with Gasteiger partial charge in [0.15, 0.2) is 5.11 Å². The van der Waals surface area contributed by atoms with E-state index in [1.807, 2.05) is 0 Å². The molecule has 28 heavy (non-hydrogen) atoms. The fraction of sp³-hybridized carbons (Fsp3) is 0.174. The molecule has 0 spiro atoms. The van der Waals surface area contributed by atoms with Gasteiger partial charge >= 0.3 is 0 Å². The number of benzene rings is 2. The molecule has 0 aliphatic carbocycles. The lowest BCUT2D eigenvalue weighted by atomic mass is 9.97. The van der Waals surface area contributed by atoms with Gasteiger partial charge in [-0.1, -0.05) is 36.4 Å². The van der Waals surface area contributed by atoms with E-state index in [1.54, 1.807) is 11.3 Å². The van der Waals surface area contributed by atoms with Crippen molar-refractivity contribution < 1.29 is 0 Å². The molecule has 5 heteroatoms. The minimum absolute atomic E-state index is 0.231. The van der Waals surface area contributed by atoms with Gasteiger partial charge in [-0.3, -0.25) is 0 Å². The fourth-order valence-corrected chi connectivity index (χ4v) is 4.51. The number of thiophene rings is 1. The average Bonchev–Trinajstić information content (AvgIpc) is 3.36. The maximum Gasteiger partial charge on any atom is 0.170 e. The zero-order valence-corrected chi connectivity index (χ0v) is 17.6. The van der Waals surface area contributed by atoms with Crippen molar-refractivity contribution in [2.75, 3.05) is 11.9 Å². The van der Waals surface area contributed by atoms with Crippen LogP contribution >= 0.6 is 23.6 Å². The molecule has 0 amide bonds. The average molecular weight is 406 g/mol. The van der Waals surface area contributed by atoms with Crippen molar-refractivity contribution in [1.29, 1.82) is 0 Å². The van der Waals surface area contributed by atoms with E-state index in [1.165, 1.54) is 27.0 Å². The smallest absolute Gasteiger partial charge is 0.170 e. The Bertz CT molecular complexity index is 1100. The zero-order valence-electron chi connectivity index (χ0n) is 16.0. The van der Waals surface area contributed by atoms with Crippen LogP contribution in [-0.4, -0.2) is 16.6 Å². The van der Waals surface area contributed by atoms with E-state index in [0.717, 1.165) is 17.7 Å². The van der Waals surface area contributed by atoms with Crippen molar-refractivity contribution in [3.05, 3.63) is 87.7 Å². The highest BCUT2D eigenvalue weighted by Gasteiger charge is 2.19. The molecule has 0 bridgehead atoms. The molecule has 0 radical (unpaired) electrons. The van der Waals surface area contributed by atoms with Gasteiger partial charge in [0.1, 0.15) is 0 Å². The van der Waals surface area contributed by atoms with Gasteiger partial charge in [-0.2, -0.15) is 0 Å². The molecule has 2 heterocycles. The Balaban J connectivity index is 1.54. The maximum atomic E-state index is 5.59. The van der Waals surface area contributed by atoms with Gasteiger partial charge in [0.25, 0.3) is 0 Å². The second-order valence-electron chi connectivity index (χ2n) is 7.01. The Hall–Kier alpha value is -2.63. The number of hydrogen-bond donors (Lipinski definition) is 3. The summed E-state index contributed by atoms with van der Waals surface area (Å²) in [6.45, 7) is 4.91. The molecule has 0 fully saturated rings. The number of hydrogen-bond acceptors (Lipinski definition) is 2. The lowest BCUT2D eigenvalue weighted by molar-refractivity contribution is 0.778. The number of fused-ring (bicyclic) bond motifs is 1. The van der Waals surface area contributed by atoms with Crippen LogP contribution in [0.4, 0.5) is 5.69 Å². The summed E-state index contributed by atoms with van der Waals surface area (Å²) in [6, 6.07) is 19.1. The fourth-order valence-electron chi connectivity index (χ4n) is 3.47. The first-order chi connectivity index (χ1) is 13.6. The number of H-pyrrole nitrogens is 1. The first kappa shape index (κ1) is 18.7. The van der Waals surface area contributed by atoms with Crippen molar-refractivity contribution in [2.24, 2.45) is 0 Å². The van der Waals surface area contributed by atoms with Crippen molar-refractivity contribution >= 4 is 45.3 Å². The molecule has 4 rings (SSSR count). The minimum Gasteiger partial charge on any atom is -0.361 e. The first-order valence-electron chi connectivity index (χ1n) is 9.33. The van der Waals surface area contributed by atoms with Crippen LogP contribution in [0.15, 0.2) is 66.2 Å². The van der Waals surface area contributed by atoms with Crippen LogP contribution in [0, 0.1) is 13.8 Å². The number of nitrogens with one attached hydrogen (secondary N) is 3. The highest BCUT2D eigenvalue weighted by atomic mass is 32.1. The first-order valence-corrected chi connectivity index (χ1v) is 10.6. The summed E-state index contributed by atoms with van der Waals surface area (Å²) in [5, 5.41) is 10.8. The standard InChI is InChI=1S/C23H23N3S2/c1-15-9-10-16(2)21(12-15)26-23(27)25-14-19(22-8-5-11-28-22)18-13-24-20-7-4-3-6-17(18)20/h3-13,19,24H,14H2,1-2H3,(H2,25,26,27)/t19-/m1/s1. The number of anilines is 1. The van der Waals surface area contributed by atoms with Crippen molar-refractivity contribution in [3.8, 4) is 0 Å². The highest BCUT2D eigenvalue weighted by Crippen LogP contribution is 2.32. The SMILES string of the molecule is Cc1ccc(C)c(NC(=S)NC[C@@H](c2cccs2)c2c[nH]c3ccccc23)c1. The number of para-hydroxylation sites is 1. The molecule has 1 atom stereocenters. The van der Waals surface area contributed by atoms with Crippen LogP contribution in [0.2, 0.25) is 0 Å². The van der Waals surface area contributed by atoms with E-state index in [2.05, 4.69) is 95.6 Å². The lowest BCUT2D eigenvalue weighted by Crippen LogP contribution is -2.32. The van der Waals surface area contributed by atoms with E-state index in [9.17, 15) is 0 Å². The van der Waals surface area contributed by atoms with E-state index >= 15 is 0 Å². The second-order valence-corrected chi connectivity index (χ2v) is 8.40. The van der Waals surface area contributed by atoms with Crippen molar-refractivity contribution in [3.63, 3.8) is 0 Å². The van der Waals surface area contributed by atoms with Crippen molar-refractivity contribution in [1.82, 2.24) is 10.3 Å². The number of rotatable bonds is 5. The molecule has 4 aromatic rings. The molecule has 3 N–H and O–H groups in total. The number of aryl methyl sites for hydroxylation is 2. The Morgan fingerprint density at radius 3 is 2.79 bits per heavy atom. The third kappa shape index (κ3) is 3.96. The topological polar surface area (TPSA) is 39.8 Å². The third-order valence-electron chi connectivity index (χ3n) is 4.99. The molecule has 0 unspecified atom stereocenters. The second kappa shape index (κ2) is 8.17. The quantitative estimate of drug-likeness (QED) is 0.359. The molecule has 2 aromatic carbocycles. The predicted molar refractivity (Wildman–Crippen MR) is 125 cm³/mol. The van der Waals surface area contributed by atoms with E-state index in [4.69, 9.17) is 12.2 Å². The lowest BCUT2D eigenvalue weighted by Gasteiger charge is -2.19. The van der Waals surface area contributed by atoms with Crippen LogP contribution in [0.5, 0.6) is 0 Å². The summed E-state index contributed by atoms with van der Waals surface area (Å²) in [6.07, 6.45) is 2.12. The predicted octanol–water partition coefficient (Wildman–Crippen LogP) is 5.96. The minimum atomic E-state index is 0.231. The van der Waals surface area contributed by atoms with Crippen LogP contribution < -0.4 is 10.6 Å². The normalized spacial score (nSPS) is 12.1. The number of aromatic amines is 1. The summed E-state index contributed by atoms with van der Waals surface area (Å²) >= 11 is 7.37. The highest BCUT2D eigenvalue weighted by molar-refractivity contribution is 7.80. The molecule has 2 aromatic heterocycles. The molecular formula is C23H23N3S2. The molecular weight excluding hydrogens is 382 g/mol. The largest absolute Gasteiger partial charge is 0.361 e. The van der Waals surface area contributed by atoms with Crippen molar-refractivity contribution in [2.45, 2.75) is 19.8 Å².